The van der Waals surface area contributed by atoms with Gasteiger partial charge in [0.15, 0.2) is 0 Å². The number of nitrogens with zero attached hydrogens (tertiary/aromatic N) is 3. The van der Waals surface area contributed by atoms with Crippen LogP contribution in [0.2, 0.25) is 0 Å². The number of aliphatic imine (C=N–C) groups is 1. The monoisotopic (exact) mass is 296 g/mol. The molecule has 0 unspecified atom stereocenters. The van der Waals surface area contributed by atoms with E-state index in [1.54, 1.807) is 13.1 Å². The van der Waals surface area contributed by atoms with Crippen molar-refractivity contribution in [1.29, 1.82) is 0 Å². The Morgan fingerprint density at radius 3 is 2.10 bits per heavy atom. The van der Waals surface area contributed by atoms with Crippen LogP contribution >= 0.6 is 0 Å². The summed E-state index contributed by atoms with van der Waals surface area (Å²) in [6.45, 7) is 17.3. The molecule has 0 aliphatic rings. The first-order valence-corrected chi connectivity index (χ1v) is 7.90. The van der Waals surface area contributed by atoms with E-state index in [4.69, 9.17) is 5.73 Å². The average Bonchev–Trinajstić information content (AvgIpc) is 3.01. The van der Waals surface area contributed by atoms with Gasteiger partial charge in [0.25, 0.3) is 0 Å². The van der Waals surface area contributed by atoms with Gasteiger partial charge < -0.3 is 5.73 Å². The Kier molecular flexibility index (Phi) is 21.4. The van der Waals surface area contributed by atoms with Crippen LogP contribution in [0.1, 0.15) is 67.0 Å². The van der Waals surface area contributed by atoms with Gasteiger partial charge >= 0.3 is 0 Å². The number of aromatic nitrogens is 2. The first kappa shape index (κ1) is 24.4. The Hall–Kier alpha value is -1.58. The van der Waals surface area contributed by atoms with E-state index in [0.29, 0.717) is 5.92 Å². The van der Waals surface area contributed by atoms with Crippen molar-refractivity contribution in [2.24, 2.45) is 10.7 Å². The van der Waals surface area contributed by atoms with E-state index in [1.807, 2.05) is 45.5 Å². The van der Waals surface area contributed by atoms with Crippen LogP contribution in [0.25, 0.3) is 0 Å². The number of nitrogens with two attached hydrogens (primary N) is 1. The third-order valence-corrected chi connectivity index (χ3v) is 2.33. The second-order valence-corrected chi connectivity index (χ2v) is 3.95. The molecule has 0 bridgehead atoms. The molecule has 0 aliphatic heterocycles. The Morgan fingerprint density at radius 2 is 1.86 bits per heavy atom. The lowest BCUT2D eigenvalue weighted by Crippen LogP contribution is -2.03. The molecule has 0 aliphatic carbocycles. The van der Waals surface area contributed by atoms with Crippen LogP contribution in [0.5, 0.6) is 0 Å². The topological polar surface area (TPSA) is 56.2 Å². The van der Waals surface area contributed by atoms with Crippen LogP contribution in [-0.2, 0) is 6.54 Å². The molecule has 1 aromatic rings. The van der Waals surface area contributed by atoms with Crippen molar-refractivity contribution in [3.05, 3.63) is 30.2 Å². The quantitative estimate of drug-likeness (QED) is 0.827. The summed E-state index contributed by atoms with van der Waals surface area (Å²) in [5.41, 5.74) is 7.31. The standard InChI is InChI=1S/C8H14N2.C5H10N2.2C2H6/c1-4-10-8(7(2)3)5-6-9-10;1-5(7-2)3-4-6;2*1-2/h5-7H,4H2,1-3H3;3-4H,6H2,1-2H3;2*1-2H3/b;4-3-,7-5?;;. The maximum absolute atomic E-state index is 5.04. The summed E-state index contributed by atoms with van der Waals surface area (Å²) < 4.78 is 2.03. The Bertz CT molecular complexity index is 363. The van der Waals surface area contributed by atoms with Crippen LogP contribution in [0.4, 0.5) is 0 Å². The minimum Gasteiger partial charge on any atom is -0.405 e. The highest BCUT2D eigenvalue weighted by molar-refractivity contribution is 5.92. The summed E-state index contributed by atoms with van der Waals surface area (Å²) in [4.78, 5) is 3.83. The molecule has 0 spiro atoms. The van der Waals surface area contributed by atoms with Gasteiger partial charge in [-0.15, -0.1) is 0 Å². The fourth-order valence-electron chi connectivity index (χ4n) is 1.31. The molecular weight excluding hydrogens is 260 g/mol. The zero-order chi connectivity index (χ0) is 17.3. The van der Waals surface area contributed by atoms with E-state index < -0.39 is 0 Å². The van der Waals surface area contributed by atoms with Gasteiger partial charge in [-0.3, -0.25) is 9.67 Å². The Morgan fingerprint density at radius 1 is 1.33 bits per heavy atom. The molecule has 1 aromatic heterocycles. The van der Waals surface area contributed by atoms with E-state index in [-0.39, 0.29) is 0 Å². The molecule has 0 amide bonds. The van der Waals surface area contributed by atoms with Crippen LogP contribution in [0.3, 0.4) is 0 Å². The third-order valence-electron chi connectivity index (χ3n) is 2.33. The van der Waals surface area contributed by atoms with Crippen LogP contribution in [0, 0.1) is 0 Å². The Balaban J connectivity index is -0.000000260. The van der Waals surface area contributed by atoms with Gasteiger partial charge in [-0.05, 0) is 38.1 Å². The summed E-state index contributed by atoms with van der Waals surface area (Å²) in [6, 6.07) is 2.08. The molecule has 4 heteroatoms. The first-order valence-electron chi connectivity index (χ1n) is 7.90. The predicted octanol–water partition coefficient (Wildman–Crippen LogP) is 4.63. The minimum absolute atomic E-state index is 0.586. The van der Waals surface area contributed by atoms with Gasteiger partial charge in [0.05, 0.1) is 0 Å². The highest BCUT2D eigenvalue weighted by atomic mass is 15.3. The number of rotatable bonds is 3. The van der Waals surface area contributed by atoms with Crippen LogP contribution in [-0.4, -0.2) is 22.5 Å². The van der Waals surface area contributed by atoms with Gasteiger partial charge in [-0.1, -0.05) is 41.5 Å². The van der Waals surface area contributed by atoms with E-state index in [0.717, 1.165) is 12.3 Å². The number of allylic oxidation sites excluding steroid dienone is 1. The fraction of sp³-hybridized carbons (Fsp3) is 0.647. The van der Waals surface area contributed by atoms with Crippen LogP contribution < -0.4 is 5.73 Å². The van der Waals surface area contributed by atoms with Gasteiger partial charge in [-0.25, -0.2) is 0 Å². The molecule has 0 saturated carbocycles. The summed E-state index contributed by atoms with van der Waals surface area (Å²) in [5, 5.41) is 4.17. The molecule has 1 heterocycles. The van der Waals surface area contributed by atoms with Gasteiger partial charge in [0.1, 0.15) is 0 Å². The molecule has 0 aromatic carbocycles. The fourth-order valence-corrected chi connectivity index (χ4v) is 1.31. The second kappa shape index (κ2) is 18.4. The van der Waals surface area contributed by atoms with Gasteiger partial charge in [0, 0.05) is 31.2 Å². The third kappa shape index (κ3) is 13.2. The summed E-state index contributed by atoms with van der Waals surface area (Å²) in [5.74, 6) is 0.586. The van der Waals surface area contributed by atoms with Crippen molar-refractivity contribution in [3.8, 4) is 0 Å². The maximum atomic E-state index is 5.04. The predicted molar refractivity (Wildman–Crippen MR) is 97.0 cm³/mol. The van der Waals surface area contributed by atoms with Gasteiger partial charge in [0.2, 0.25) is 0 Å². The average molecular weight is 297 g/mol. The first-order chi connectivity index (χ1) is 10.1. The van der Waals surface area contributed by atoms with Gasteiger partial charge in [-0.2, -0.15) is 5.10 Å². The number of aryl methyl sites for hydroxylation is 1. The van der Waals surface area contributed by atoms with Crippen molar-refractivity contribution >= 4 is 5.71 Å². The molecule has 0 radical (unpaired) electrons. The molecule has 0 atom stereocenters. The Labute approximate surface area is 132 Å². The SMILES string of the molecule is CC.CC.CCn1nccc1C(C)C.CN=C(C)/C=C\N. The lowest BCUT2D eigenvalue weighted by Gasteiger charge is -2.06. The lowest BCUT2D eigenvalue weighted by molar-refractivity contribution is 0.598. The van der Waals surface area contributed by atoms with Crippen molar-refractivity contribution in [3.63, 3.8) is 0 Å². The zero-order valence-electron chi connectivity index (χ0n) is 15.5. The van der Waals surface area contributed by atoms with E-state index >= 15 is 0 Å². The summed E-state index contributed by atoms with van der Waals surface area (Å²) in [7, 11) is 1.73. The second-order valence-electron chi connectivity index (χ2n) is 3.95. The van der Waals surface area contributed by atoms with E-state index in [1.165, 1.54) is 11.9 Å². The molecule has 0 fully saturated rings. The van der Waals surface area contributed by atoms with E-state index in [2.05, 4.69) is 36.9 Å². The summed E-state index contributed by atoms with van der Waals surface area (Å²) in [6.07, 6.45) is 5.08. The highest BCUT2D eigenvalue weighted by Crippen LogP contribution is 2.12. The summed E-state index contributed by atoms with van der Waals surface area (Å²) >= 11 is 0. The van der Waals surface area contributed by atoms with Crippen molar-refractivity contribution < 1.29 is 0 Å². The normalized spacial score (nSPS) is 10.1. The number of hydrogen-bond donors (Lipinski definition) is 1. The highest BCUT2D eigenvalue weighted by Gasteiger charge is 2.03. The maximum Gasteiger partial charge on any atom is 0.0492 e. The van der Waals surface area contributed by atoms with Crippen molar-refractivity contribution in [2.75, 3.05) is 7.05 Å². The lowest BCUT2D eigenvalue weighted by atomic mass is 10.1. The van der Waals surface area contributed by atoms with Crippen LogP contribution in [0.15, 0.2) is 29.5 Å². The molecular formula is C17H36N4. The van der Waals surface area contributed by atoms with Crippen molar-refractivity contribution in [1.82, 2.24) is 9.78 Å². The minimum atomic E-state index is 0.586. The molecule has 2 N–H and O–H groups in total. The molecule has 0 saturated heterocycles. The smallest absolute Gasteiger partial charge is 0.0492 e. The molecule has 21 heavy (non-hydrogen) atoms. The molecule has 4 nitrogen and oxygen atoms in total. The number of hydrogen-bond acceptors (Lipinski definition) is 3. The molecule has 1 rings (SSSR count). The molecule has 124 valence electrons. The van der Waals surface area contributed by atoms with E-state index in [9.17, 15) is 0 Å². The van der Waals surface area contributed by atoms with Crippen molar-refractivity contribution in [2.45, 2.75) is 67.9 Å². The largest absolute Gasteiger partial charge is 0.405 e. The zero-order valence-corrected chi connectivity index (χ0v) is 15.5.